The minimum Gasteiger partial charge on any atom is -0.491 e. The van der Waals surface area contributed by atoms with Gasteiger partial charge >= 0.3 is 5.69 Å². The molecular formula is C24H23BrN6O4. The first-order chi connectivity index (χ1) is 16.9. The van der Waals surface area contributed by atoms with Crippen LogP contribution in [0.15, 0.2) is 79.8 Å². The summed E-state index contributed by atoms with van der Waals surface area (Å²) in [6.45, 7) is -0.0421. The number of aromatic amines is 1. The molecule has 2 heterocycles. The van der Waals surface area contributed by atoms with Gasteiger partial charge in [-0.3, -0.25) is 14.3 Å². The zero-order valence-corrected chi connectivity index (χ0v) is 20.3. The van der Waals surface area contributed by atoms with Gasteiger partial charge in [0.1, 0.15) is 18.5 Å². The normalized spacial score (nSPS) is 12.5. The molecule has 11 heteroatoms. The molecule has 0 saturated heterocycles. The van der Waals surface area contributed by atoms with Gasteiger partial charge < -0.3 is 14.4 Å². The quantitative estimate of drug-likeness (QED) is 0.222. The van der Waals surface area contributed by atoms with Crippen LogP contribution in [-0.4, -0.2) is 43.1 Å². The average molecular weight is 539 g/mol. The Balaban J connectivity index is 1.55. The number of aromatic nitrogens is 4. The van der Waals surface area contributed by atoms with E-state index < -0.39 is 17.4 Å². The number of nitrogens with one attached hydrogen (secondary N) is 2. The second kappa shape index (κ2) is 11.0. The molecule has 2 aromatic heterocycles. The van der Waals surface area contributed by atoms with Gasteiger partial charge in [0, 0.05) is 17.7 Å². The second-order valence-corrected chi connectivity index (χ2v) is 8.53. The number of halogens is 1. The van der Waals surface area contributed by atoms with Crippen molar-refractivity contribution in [3.05, 3.63) is 91.5 Å². The minimum atomic E-state index is -0.977. The summed E-state index contributed by atoms with van der Waals surface area (Å²) in [6, 6.07) is 16.9. The van der Waals surface area contributed by atoms with Gasteiger partial charge in [0.05, 0.1) is 6.54 Å². The van der Waals surface area contributed by atoms with Crippen molar-refractivity contribution in [2.24, 2.45) is 12.1 Å². The Morgan fingerprint density at radius 3 is 2.69 bits per heavy atom. The van der Waals surface area contributed by atoms with Gasteiger partial charge in [0.2, 0.25) is 5.95 Å². The number of aliphatic hydroxyl groups is 1. The van der Waals surface area contributed by atoms with Crippen molar-refractivity contribution in [2.75, 3.05) is 12.0 Å². The Labute approximate surface area is 208 Å². The number of allylic oxidation sites excluding steroid dienone is 1. The summed E-state index contributed by atoms with van der Waals surface area (Å²) in [7, 11) is 1.50. The van der Waals surface area contributed by atoms with E-state index in [-0.39, 0.29) is 30.3 Å². The molecular weight excluding hydrogens is 516 g/mol. The number of rotatable bonds is 9. The summed E-state index contributed by atoms with van der Waals surface area (Å²) in [5, 5.41) is 14.8. The molecule has 0 bridgehead atoms. The lowest BCUT2D eigenvalue weighted by atomic mass is 10.2. The van der Waals surface area contributed by atoms with Crippen LogP contribution in [0.1, 0.15) is 5.56 Å². The van der Waals surface area contributed by atoms with Crippen molar-refractivity contribution >= 4 is 45.3 Å². The molecule has 4 rings (SSSR count). The van der Waals surface area contributed by atoms with E-state index >= 15 is 0 Å². The lowest BCUT2D eigenvalue weighted by molar-refractivity contribution is 0.0938. The molecule has 0 amide bonds. The smallest absolute Gasteiger partial charge is 0.329 e. The van der Waals surface area contributed by atoms with Crippen LogP contribution in [0.25, 0.3) is 17.2 Å². The van der Waals surface area contributed by atoms with Crippen LogP contribution >= 0.6 is 15.9 Å². The van der Waals surface area contributed by atoms with E-state index in [0.29, 0.717) is 5.75 Å². The van der Waals surface area contributed by atoms with Crippen LogP contribution in [0.3, 0.4) is 0 Å². The van der Waals surface area contributed by atoms with Crippen molar-refractivity contribution in [2.45, 2.75) is 12.6 Å². The highest BCUT2D eigenvalue weighted by Gasteiger charge is 2.19. The highest BCUT2D eigenvalue weighted by atomic mass is 79.9. The van der Waals surface area contributed by atoms with E-state index in [2.05, 4.69) is 36.4 Å². The first kappa shape index (κ1) is 24.2. The summed E-state index contributed by atoms with van der Waals surface area (Å²) in [5.41, 5.74) is 2.90. The van der Waals surface area contributed by atoms with E-state index in [1.165, 1.54) is 22.4 Å². The lowest BCUT2D eigenvalue weighted by Gasteiger charge is -2.15. The number of aliphatic hydroxyl groups excluding tert-OH is 1. The predicted molar refractivity (Wildman–Crippen MR) is 139 cm³/mol. The molecule has 10 nitrogen and oxygen atoms in total. The standard InChI is InChI=1S/C24H23BrN6O4/c1-30-21-20(22(33)28-24(30)34)31(14-18(32)15-35-19-11-9-17(25)10-12-19)23(27-21)29-26-13-5-8-16-6-3-2-4-7-16/h2-13,18,32H,14-15H2,1H3,(H,27,29)(H,28,33,34)/b8-5-,26-13?/t18-/m0/s1. The molecule has 0 saturated carbocycles. The average Bonchev–Trinajstić information content (AvgIpc) is 3.21. The lowest BCUT2D eigenvalue weighted by Crippen LogP contribution is -2.30. The van der Waals surface area contributed by atoms with Gasteiger partial charge in [0.15, 0.2) is 11.2 Å². The first-order valence-electron chi connectivity index (χ1n) is 10.7. The van der Waals surface area contributed by atoms with Crippen molar-refractivity contribution in [1.29, 1.82) is 0 Å². The molecule has 180 valence electrons. The predicted octanol–water partition coefficient (Wildman–Crippen LogP) is 2.74. The van der Waals surface area contributed by atoms with Gasteiger partial charge in [-0.05, 0) is 35.9 Å². The Kier molecular flexibility index (Phi) is 7.58. The fourth-order valence-electron chi connectivity index (χ4n) is 3.34. The van der Waals surface area contributed by atoms with Crippen LogP contribution in [0, 0.1) is 0 Å². The summed E-state index contributed by atoms with van der Waals surface area (Å²) in [4.78, 5) is 31.3. The summed E-state index contributed by atoms with van der Waals surface area (Å²) in [5.74, 6) is 0.787. The molecule has 1 atom stereocenters. The molecule has 0 aliphatic carbocycles. The molecule has 0 aliphatic heterocycles. The van der Waals surface area contributed by atoms with Crippen molar-refractivity contribution in [1.82, 2.24) is 19.1 Å². The van der Waals surface area contributed by atoms with Crippen LogP contribution in [0.2, 0.25) is 0 Å². The number of benzene rings is 2. The minimum absolute atomic E-state index is 0.0203. The molecule has 0 spiro atoms. The zero-order chi connectivity index (χ0) is 24.8. The van der Waals surface area contributed by atoms with Gasteiger partial charge in [-0.25, -0.2) is 10.2 Å². The number of aryl methyl sites for hydroxylation is 1. The number of imidazole rings is 1. The zero-order valence-electron chi connectivity index (χ0n) is 18.8. The van der Waals surface area contributed by atoms with Crippen LogP contribution < -0.4 is 21.4 Å². The molecule has 0 radical (unpaired) electrons. The largest absolute Gasteiger partial charge is 0.491 e. The number of nitrogens with zero attached hydrogens (tertiary/aromatic N) is 4. The molecule has 35 heavy (non-hydrogen) atoms. The van der Waals surface area contributed by atoms with Crippen molar-refractivity contribution in [3.8, 4) is 5.75 Å². The van der Waals surface area contributed by atoms with E-state index in [1.54, 1.807) is 18.2 Å². The van der Waals surface area contributed by atoms with E-state index in [4.69, 9.17) is 4.74 Å². The maximum absolute atomic E-state index is 12.6. The molecule has 3 N–H and O–H groups in total. The second-order valence-electron chi connectivity index (χ2n) is 7.62. The van der Waals surface area contributed by atoms with Gasteiger partial charge in [-0.2, -0.15) is 10.1 Å². The van der Waals surface area contributed by atoms with E-state index in [9.17, 15) is 14.7 Å². The Hall–Kier alpha value is -3.96. The maximum atomic E-state index is 12.6. The molecule has 0 aliphatic rings. The topological polar surface area (TPSA) is 127 Å². The van der Waals surface area contributed by atoms with E-state index in [1.807, 2.05) is 48.5 Å². The SMILES string of the molecule is Cn1c(=O)[nH]c(=O)c2c1nc(NN=C/C=C\c1ccccc1)n2C[C@H](O)COc1ccc(Br)cc1. The van der Waals surface area contributed by atoms with Gasteiger partial charge in [-0.1, -0.05) is 52.3 Å². The summed E-state index contributed by atoms with van der Waals surface area (Å²) < 4.78 is 9.26. The Bertz CT molecular complexity index is 1470. The van der Waals surface area contributed by atoms with Crippen LogP contribution in [0.5, 0.6) is 5.75 Å². The van der Waals surface area contributed by atoms with Crippen LogP contribution in [0.4, 0.5) is 5.95 Å². The van der Waals surface area contributed by atoms with Crippen LogP contribution in [-0.2, 0) is 13.6 Å². The number of H-pyrrole nitrogens is 1. The highest BCUT2D eigenvalue weighted by Crippen LogP contribution is 2.18. The first-order valence-corrected chi connectivity index (χ1v) is 11.5. The Morgan fingerprint density at radius 1 is 1.20 bits per heavy atom. The number of hydrogen-bond donors (Lipinski definition) is 3. The Morgan fingerprint density at radius 2 is 1.94 bits per heavy atom. The van der Waals surface area contributed by atoms with Crippen molar-refractivity contribution < 1.29 is 9.84 Å². The molecule has 0 unspecified atom stereocenters. The fraction of sp³-hybridized carbons (Fsp3) is 0.167. The van der Waals surface area contributed by atoms with Gasteiger partial charge in [0.25, 0.3) is 5.56 Å². The third-order valence-electron chi connectivity index (χ3n) is 5.07. The number of ether oxygens (including phenoxy) is 1. The molecule has 2 aromatic carbocycles. The number of hydrazone groups is 1. The highest BCUT2D eigenvalue weighted by molar-refractivity contribution is 9.10. The number of hydrogen-bond acceptors (Lipinski definition) is 7. The summed E-state index contributed by atoms with van der Waals surface area (Å²) in [6.07, 6.45) is 4.19. The number of fused-ring (bicyclic) bond motifs is 1. The van der Waals surface area contributed by atoms with Gasteiger partial charge in [-0.15, -0.1) is 0 Å². The van der Waals surface area contributed by atoms with E-state index in [0.717, 1.165) is 10.0 Å². The van der Waals surface area contributed by atoms with Crippen molar-refractivity contribution in [3.63, 3.8) is 0 Å². The third-order valence-corrected chi connectivity index (χ3v) is 5.60. The number of anilines is 1. The maximum Gasteiger partial charge on any atom is 0.329 e. The third kappa shape index (κ3) is 5.94. The molecule has 4 aromatic rings. The fourth-order valence-corrected chi connectivity index (χ4v) is 3.61. The summed E-state index contributed by atoms with van der Waals surface area (Å²) >= 11 is 3.36. The monoisotopic (exact) mass is 538 g/mol. The molecule has 0 fully saturated rings.